The number of nitrogens with one attached hydrogen (secondary N) is 1. The molecule has 0 fully saturated rings. The Hall–Kier alpha value is -3.48. The number of hydrogen-bond donors (Lipinski definition) is 1. The first-order chi connectivity index (χ1) is 16.1. The Morgan fingerprint density at radius 2 is 1.55 bits per heavy atom. The summed E-state index contributed by atoms with van der Waals surface area (Å²) in [7, 11) is -3.60. The quantitative estimate of drug-likeness (QED) is 0.426. The number of aromatic nitrogens is 2. The van der Waals surface area contributed by atoms with Gasteiger partial charge in [0.1, 0.15) is 0 Å². The molecule has 1 heterocycles. The molecule has 5 nitrogen and oxygen atoms in total. The lowest BCUT2D eigenvalue weighted by Gasteiger charge is -2.17. The Morgan fingerprint density at radius 1 is 0.848 bits per heavy atom. The van der Waals surface area contributed by atoms with Crippen LogP contribution in [0.2, 0.25) is 0 Å². The van der Waals surface area contributed by atoms with Gasteiger partial charge in [-0.15, -0.1) is 0 Å². The first-order valence-corrected chi connectivity index (χ1v) is 12.5. The SMILES string of the molecule is O=S(=O)(NCc1cn(Cc2ccccc2)nc1-c1ccccc1)C1=Cc2ccccc2CC1. The number of aryl methyl sites for hydroxylation is 1. The largest absolute Gasteiger partial charge is 0.267 e. The standard InChI is InChI=1S/C27H25N3O2S/c31-33(32,26-16-15-22-11-7-8-14-24(22)17-26)28-18-25-20-30(19-21-9-3-1-4-10-21)29-27(25)23-12-5-2-6-13-23/h1-14,17,20,28H,15-16,18-19H2. The van der Waals surface area contributed by atoms with Crippen molar-refractivity contribution in [3.05, 3.63) is 118 Å². The van der Waals surface area contributed by atoms with Crippen LogP contribution >= 0.6 is 0 Å². The highest BCUT2D eigenvalue weighted by Gasteiger charge is 2.22. The summed E-state index contributed by atoms with van der Waals surface area (Å²) >= 11 is 0. The first-order valence-electron chi connectivity index (χ1n) is 11.0. The maximum Gasteiger partial charge on any atom is 0.237 e. The summed E-state index contributed by atoms with van der Waals surface area (Å²) < 4.78 is 30.9. The van der Waals surface area contributed by atoms with Crippen molar-refractivity contribution in [1.82, 2.24) is 14.5 Å². The molecule has 3 aromatic carbocycles. The highest BCUT2D eigenvalue weighted by atomic mass is 32.2. The van der Waals surface area contributed by atoms with Gasteiger partial charge >= 0.3 is 0 Å². The van der Waals surface area contributed by atoms with E-state index in [9.17, 15) is 8.42 Å². The zero-order valence-corrected chi connectivity index (χ0v) is 19.0. The van der Waals surface area contributed by atoms with E-state index in [1.54, 1.807) is 6.08 Å². The minimum absolute atomic E-state index is 0.181. The summed E-state index contributed by atoms with van der Waals surface area (Å²) in [6.07, 6.45) is 4.96. The fourth-order valence-corrected chi connectivity index (χ4v) is 5.35. The average molecular weight is 456 g/mol. The topological polar surface area (TPSA) is 64.0 Å². The zero-order valence-electron chi connectivity index (χ0n) is 18.2. The van der Waals surface area contributed by atoms with E-state index in [1.807, 2.05) is 77.6 Å². The van der Waals surface area contributed by atoms with E-state index < -0.39 is 10.0 Å². The Balaban J connectivity index is 1.41. The van der Waals surface area contributed by atoms with Crippen molar-refractivity contribution in [1.29, 1.82) is 0 Å². The number of fused-ring (bicyclic) bond motifs is 1. The van der Waals surface area contributed by atoms with Crippen LogP contribution in [0.15, 0.2) is 96.0 Å². The van der Waals surface area contributed by atoms with Crippen molar-refractivity contribution < 1.29 is 8.42 Å². The fourth-order valence-electron chi connectivity index (χ4n) is 4.17. The minimum atomic E-state index is -3.60. The molecule has 0 saturated heterocycles. The lowest BCUT2D eigenvalue weighted by Crippen LogP contribution is -2.25. The van der Waals surface area contributed by atoms with Crippen molar-refractivity contribution >= 4 is 16.1 Å². The fraction of sp³-hybridized carbons (Fsp3) is 0.148. The van der Waals surface area contributed by atoms with Crippen LogP contribution in [0.1, 0.15) is 28.7 Å². The molecule has 0 spiro atoms. The third-order valence-electron chi connectivity index (χ3n) is 5.88. The lowest BCUT2D eigenvalue weighted by molar-refractivity contribution is 0.585. The number of sulfonamides is 1. The van der Waals surface area contributed by atoms with Gasteiger partial charge in [0, 0.05) is 23.9 Å². The van der Waals surface area contributed by atoms with E-state index in [4.69, 9.17) is 5.10 Å². The molecule has 1 N–H and O–H groups in total. The van der Waals surface area contributed by atoms with Gasteiger partial charge in [-0.25, -0.2) is 13.1 Å². The summed E-state index contributed by atoms with van der Waals surface area (Å²) in [5.74, 6) is 0. The lowest BCUT2D eigenvalue weighted by atomic mass is 9.98. The molecule has 166 valence electrons. The van der Waals surface area contributed by atoms with Gasteiger partial charge in [-0.3, -0.25) is 4.68 Å². The molecule has 0 radical (unpaired) electrons. The van der Waals surface area contributed by atoms with Crippen molar-refractivity contribution in [2.45, 2.75) is 25.9 Å². The minimum Gasteiger partial charge on any atom is -0.267 e. The van der Waals surface area contributed by atoms with Gasteiger partial charge in [0.25, 0.3) is 0 Å². The average Bonchev–Trinajstić information content (AvgIpc) is 3.26. The molecule has 1 aliphatic carbocycles. The highest BCUT2D eigenvalue weighted by molar-refractivity contribution is 7.93. The van der Waals surface area contributed by atoms with Crippen LogP contribution in [0, 0.1) is 0 Å². The van der Waals surface area contributed by atoms with Crippen molar-refractivity contribution in [2.24, 2.45) is 0 Å². The molecule has 33 heavy (non-hydrogen) atoms. The smallest absolute Gasteiger partial charge is 0.237 e. The molecular formula is C27H25N3O2S. The molecular weight excluding hydrogens is 430 g/mol. The first kappa shape index (κ1) is 21.4. The molecule has 1 aromatic heterocycles. The molecule has 0 aliphatic heterocycles. The second-order valence-electron chi connectivity index (χ2n) is 8.19. The van der Waals surface area contributed by atoms with Gasteiger partial charge < -0.3 is 0 Å². The van der Waals surface area contributed by atoms with Gasteiger partial charge in [-0.1, -0.05) is 84.9 Å². The van der Waals surface area contributed by atoms with Crippen LogP contribution in [0.3, 0.4) is 0 Å². The normalized spacial score (nSPS) is 13.4. The predicted octanol–water partition coefficient (Wildman–Crippen LogP) is 5.01. The van der Waals surface area contributed by atoms with E-state index in [0.717, 1.165) is 34.4 Å². The molecule has 4 aromatic rings. The monoisotopic (exact) mass is 455 g/mol. The van der Waals surface area contributed by atoms with Crippen molar-refractivity contribution in [2.75, 3.05) is 0 Å². The Bertz CT molecular complexity index is 1390. The Labute approximate surface area is 194 Å². The van der Waals surface area contributed by atoms with Crippen LogP contribution in [0.5, 0.6) is 0 Å². The maximum absolute atomic E-state index is 13.1. The second-order valence-corrected chi connectivity index (χ2v) is 10.0. The summed E-state index contributed by atoms with van der Waals surface area (Å²) in [6, 6.07) is 27.9. The van der Waals surface area contributed by atoms with E-state index in [0.29, 0.717) is 17.9 Å². The molecule has 0 saturated carbocycles. The van der Waals surface area contributed by atoms with Gasteiger partial charge in [-0.2, -0.15) is 5.10 Å². The number of hydrogen-bond acceptors (Lipinski definition) is 3. The third kappa shape index (κ3) is 4.82. The zero-order chi connectivity index (χ0) is 22.7. The van der Waals surface area contributed by atoms with Crippen molar-refractivity contribution in [3.63, 3.8) is 0 Å². The number of nitrogens with zero attached hydrogens (tertiary/aromatic N) is 2. The van der Waals surface area contributed by atoms with E-state index in [1.165, 1.54) is 5.56 Å². The highest BCUT2D eigenvalue weighted by Crippen LogP contribution is 2.27. The van der Waals surface area contributed by atoms with Gasteiger partial charge in [-0.05, 0) is 35.6 Å². The Morgan fingerprint density at radius 3 is 2.33 bits per heavy atom. The van der Waals surface area contributed by atoms with E-state index >= 15 is 0 Å². The predicted molar refractivity (Wildman–Crippen MR) is 132 cm³/mol. The molecule has 1 aliphatic rings. The van der Waals surface area contributed by atoms with Crippen LogP contribution < -0.4 is 4.72 Å². The molecule has 0 bridgehead atoms. The van der Waals surface area contributed by atoms with E-state index in [-0.39, 0.29) is 6.54 Å². The second kappa shape index (κ2) is 9.17. The summed E-state index contributed by atoms with van der Waals surface area (Å²) in [4.78, 5) is 0.430. The summed E-state index contributed by atoms with van der Waals surface area (Å²) in [6.45, 7) is 0.801. The van der Waals surface area contributed by atoms with Crippen LogP contribution in [0.4, 0.5) is 0 Å². The van der Waals surface area contributed by atoms with E-state index in [2.05, 4.69) is 22.9 Å². The number of benzene rings is 3. The molecule has 6 heteroatoms. The van der Waals surface area contributed by atoms with Crippen molar-refractivity contribution in [3.8, 4) is 11.3 Å². The van der Waals surface area contributed by atoms with Gasteiger partial charge in [0.15, 0.2) is 0 Å². The van der Waals surface area contributed by atoms with Crippen LogP contribution in [-0.4, -0.2) is 18.2 Å². The molecule has 5 rings (SSSR count). The van der Waals surface area contributed by atoms with Gasteiger partial charge in [0.2, 0.25) is 10.0 Å². The van der Waals surface area contributed by atoms with Gasteiger partial charge in [0.05, 0.1) is 17.1 Å². The Kier molecular flexibility index (Phi) is 5.94. The van der Waals surface area contributed by atoms with Crippen LogP contribution in [0.25, 0.3) is 17.3 Å². The molecule has 0 amide bonds. The number of allylic oxidation sites excluding steroid dienone is 1. The molecule has 0 atom stereocenters. The van der Waals surface area contributed by atoms with Crippen LogP contribution in [-0.2, 0) is 29.5 Å². The number of rotatable bonds is 7. The maximum atomic E-state index is 13.1. The third-order valence-corrected chi connectivity index (χ3v) is 7.42. The summed E-state index contributed by atoms with van der Waals surface area (Å²) in [5.41, 5.74) is 5.89. The summed E-state index contributed by atoms with van der Waals surface area (Å²) in [5, 5.41) is 4.79. The molecule has 0 unspecified atom stereocenters.